The number of aromatic nitrogens is 1. The topological polar surface area (TPSA) is 32.9 Å². The molecule has 2 aromatic rings. The van der Waals surface area contributed by atoms with Crippen LogP contribution in [0.5, 0.6) is 0 Å². The predicted octanol–water partition coefficient (Wildman–Crippen LogP) is 3.03. The van der Waals surface area contributed by atoms with Crippen molar-refractivity contribution in [3.63, 3.8) is 0 Å². The van der Waals surface area contributed by atoms with E-state index in [9.17, 15) is 4.79 Å². The van der Waals surface area contributed by atoms with Crippen LogP contribution >= 0.6 is 0 Å². The third-order valence-corrected chi connectivity index (χ3v) is 3.26. The first kappa shape index (κ1) is 8.72. The summed E-state index contributed by atoms with van der Waals surface area (Å²) in [7, 11) is 0. The molecule has 0 aliphatic heterocycles. The molecule has 2 heteroatoms. The second-order valence-corrected chi connectivity index (χ2v) is 4.90. The molecule has 3 rings (SSSR count). The van der Waals surface area contributed by atoms with Gasteiger partial charge in [-0.1, -0.05) is 32.0 Å². The van der Waals surface area contributed by atoms with E-state index in [1.54, 1.807) is 0 Å². The molecule has 0 unspecified atom stereocenters. The lowest BCUT2D eigenvalue weighted by atomic mass is 9.91. The maximum Gasteiger partial charge on any atom is 0.166 e. The van der Waals surface area contributed by atoms with Crippen LogP contribution in [-0.2, 0) is 5.41 Å². The summed E-state index contributed by atoms with van der Waals surface area (Å²) in [4.78, 5) is 15.3. The van der Waals surface area contributed by atoms with Crippen LogP contribution in [0.3, 0.4) is 0 Å². The van der Waals surface area contributed by atoms with Gasteiger partial charge in [-0.05, 0) is 6.07 Å². The van der Waals surface area contributed by atoms with E-state index in [2.05, 4.69) is 18.8 Å². The van der Waals surface area contributed by atoms with Crippen LogP contribution in [0.4, 0.5) is 0 Å². The quantitative estimate of drug-likeness (QED) is 0.695. The van der Waals surface area contributed by atoms with Crippen molar-refractivity contribution >= 4 is 16.7 Å². The molecule has 15 heavy (non-hydrogen) atoms. The Hall–Kier alpha value is -1.57. The first-order valence-corrected chi connectivity index (χ1v) is 5.24. The minimum Gasteiger partial charge on any atom is -0.357 e. The highest BCUT2D eigenvalue weighted by molar-refractivity contribution is 6.12. The molecular weight excluding hydrogens is 186 g/mol. The Bertz CT molecular complexity index is 563. The SMILES string of the molecule is CC1(C)CC(=O)c2c1[nH]c1ccccc21. The highest BCUT2D eigenvalue weighted by atomic mass is 16.1. The van der Waals surface area contributed by atoms with Crippen LogP contribution in [0, 0.1) is 0 Å². The highest BCUT2D eigenvalue weighted by Gasteiger charge is 2.38. The second-order valence-electron chi connectivity index (χ2n) is 4.90. The number of benzene rings is 1. The van der Waals surface area contributed by atoms with Crippen LogP contribution in [0.25, 0.3) is 10.9 Å². The molecule has 0 bridgehead atoms. The van der Waals surface area contributed by atoms with Crippen molar-refractivity contribution < 1.29 is 4.79 Å². The van der Waals surface area contributed by atoms with Gasteiger partial charge in [0.25, 0.3) is 0 Å². The fourth-order valence-electron chi connectivity index (χ4n) is 2.52. The Kier molecular flexibility index (Phi) is 1.46. The van der Waals surface area contributed by atoms with E-state index < -0.39 is 0 Å². The lowest BCUT2D eigenvalue weighted by Crippen LogP contribution is -2.13. The van der Waals surface area contributed by atoms with E-state index in [0.29, 0.717) is 6.42 Å². The lowest BCUT2D eigenvalue weighted by Gasteiger charge is -2.15. The summed E-state index contributed by atoms with van der Waals surface area (Å²) >= 11 is 0. The number of aromatic amines is 1. The minimum absolute atomic E-state index is 0.0363. The predicted molar refractivity (Wildman–Crippen MR) is 60.3 cm³/mol. The molecule has 1 aromatic carbocycles. The third-order valence-electron chi connectivity index (χ3n) is 3.26. The number of rotatable bonds is 0. The van der Waals surface area contributed by atoms with E-state index in [1.807, 2.05) is 24.3 Å². The fraction of sp³-hybridized carbons (Fsp3) is 0.308. The zero-order valence-corrected chi connectivity index (χ0v) is 8.92. The van der Waals surface area contributed by atoms with E-state index in [4.69, 9.17) is 0 Å². The first-order chi connectivity index (χ1) is 7.09. The summed E-state index contributed by atoms with van der Waals surface area (Å²) < 4.78 is 0. The first-order valence-electron chi connectivity index (χ1n) is 5.24. The number of fused-ring (bicyclic) bond motifs is 3. The smallest absolute Gasteiger partial charge is 0.166 e. The van der Waals surface area contributed by atoms with Crippen LogP contribution in [-0.4, -0.2) is 10.8 Å². The molecule has 1 N–H and O–H groups in total. The average Bonchev–Trinajstić information content (AvgIpc) is 2.64. The Morgan fingerprint density at radius 1 is 1.27 bits per heavy atom. The molecule has 2 nitrogen and oxygen atoms in total. The zero-order chi connectivity index (χ0) is 10.6. The van der Waals surface area contributed by atoms with Gasteiger partial charge in [-0.15, -0.1) is 0 Å². The number of hydrogen-bond donors (Lipinski definition) is 1. The Morgan fingerprint density at radius 2 is 2.00 bits per heavy atom. The monoisotopic (exact) mass is 199 g/mol. The Morgan fingerprint density at radius 3 is 2.80 bits per heavy atom. The molecule has 1 aliphatic carbocycles. The standard InChI is InChI=1S/C13H13NO/c1-13(2)7-10(15)11-8-5-3-4-6-9(8)14-12(11)13/h3-6,14H,7H2,1-2H3. The van der Waals surface area contributed by atoms with Gasteiger partial charge in [0.15, 0.2) is 5.78 Å². The summed E-state index contributed by atoms with van der Waals surface area (Å²) in [5, 5.41) is 1.07. The molecule has 0 saturated carbocycles. The molecule has 1 aromatic heterocycles. The Balaban J connectivity index is 2.44. The average molecular weight is 199 g/mol. The highest BCUT2D eigenvalue weighted by Crippen LogP contribution is 2.41. The third kappa shape index (κ3) is 1.02. The number of Topliss-reactive ketones (excluding diaryl/α,β-unsaturated/α-hetero) is 1. The molecular formula is C13H13NO. The van der Waals surface area contributed by atoms with Crippen molar-refractivity contribution in [3.8, 4) is 0 Å². The van der Waals surface area contributed by atoms with Gasteiger partial charge in [0.05, 0.1) is 0 Å². The summed E-state index contributed by atoms with van der Waals surface area (Å²) in [5.41, 5.74) is 3.05. The van der Waals surface area contributed by atoms with Crippen molar-refractivity contribution in [2.24, 2.45) is 0 Å². The number of hydrogen-bond acceptors (Lipinski definition) is 1. The minimum atomic E-state index is -0.0363. The molecule has 0 radical (unpaired) electrons. The molecule has 1 heterocycles. The number of ketones is 1. The van der Waals surface area contributed by atoms with Gasteiger partial charge in [-0.2, -0.15) is 0 Å². The van der Waals surface area contributed by atoms with Gasteiger partial charge in [0, 0.05) is 34.0 Å². The maximum absolute atomic E-state index is 11.9. The number of carbonyl (C=O) groups excluding carboxylic acids is 1. The maximum atomic E-state index is 11.9. The number of nitrogens with one attached hydrogen (secondary N) is 1. The van der Waals surface area contributed by atoms with Gasteiger partial charge >= 0.3 is 0 Å². The molecule has 0 atom stereocenters. The van der Waals surface area contributed by atoms with Crippen molar-refractivity contribution in [1.29, 1.82) is 0 Å². The molecule has 0 spiro atoms. The Labute approximate surface area is 88.3 Å². The molecule has 0 saturated heterocycles. The molecule has 0 amide bonds. The van der Waals surface area contributed by atoms with Crippen molar-refractivity contribution in [2.75, 3.05) is 0 Å². The molecule has 0 fully saturated rings. The lowest BCUT2D eigenvalue weighted by molar-refractivity contribution is 0.0980. The van der Waals surface area contributed by atoms with Crippen molar-refractivity contribution in [3.05, 3.63) is 35.5 Å². The summed E-state index contributed by atoms with van der Waals surface area (Å²) in [6.07, 6.45) is 0.624. The van der Waals surface area contributed by atoms with Gasteiger partial charge in [-0.25, -0.2) is 0 Å². The van der Waals surface area contributed by atoms with Crippen molar-refractivity contribution in [2.45, 2.75) is 25.7 Å². The van der Waals surface area contributed by atoms with Crippen LogP contribution in [0.15, 0.2) is 24.3 Å². The normalized spacial score (nSPS) is 18.4. The molecule has 1 aliphatic rings. The van der Waals surface area contributed by atoms with Gasteiger partial charge < -0.3 is 4.98 Å². The molecule has 76 valence electrons. The van der Waals surface area contributed by atoms with Gasteiger partial charge in [0.1, 0.15) is 0 Å². The number of carbonyl (C=O) groups is 1. The van der Waals surface area contributed by atoms with E-state index in [0.717, 1.165) is 22.2 Å². The van der Waals surface area contributed by atoms with Crippen LogP contribution in [0.1, 0.15) is 36.3 Å². The van der Waals surface area contributed by atoms with E-state index in [1.165, 1.54) is 0 Å². The number of para-hydroxylation sites is 1. The van der Waals surface area contributed by atoms with Crippen molar-refractivity contribution in [1.82, 2.24) is 4.98 Å². The summed E-state index contributed by atoms with van der Waals surface area (Å²) in [6, 6.07) is 8.02. The largest absolute Gasteiger partial charge is 0.357 e. The van der Waals surface area contributed by atoms with E-state index in [-0.39, 0.29) is 11.2 Å². The van der Waals surface area contributed by atoms with Gasteiger partial charge in [0.2, 0.25) is 0 Å². The number of H-pyrrole nitrogens is 1. The van der Waals surface area contributed by atoms with E-state index >= 15 is 0 Å². The zero-order valence-electron chi connectivity index (χ0n) is 8.92. The fourth-order valence-corrected chi connectivity index (χ4v) is 2.52. The second kappa shape index (κ2) is 2.51. The summed E-state index contributed by atoms with van der Waals surface area (Å²) in [6.45, 7) is 4.23. The van der Waals surface area contributed by atoms with Crippen LogP contribution in [0.2, 0.25) is 0 Å². The summed E-state index contributed by atoms with van der Waals surface area (Å²) in [5.74, 6) is 0.271. The van der Waals surface area contributed by atoms with Crippen LogP contribution < -0.4 is 0 Å². The van der Waals surface area contributed by atoms with Gasteiger partial charge in [-0.3, -0.25) is 4.79 Å².